The third-order valence-corrected chi connectivity index (χ3v) is 2.19. The molecule has 0 bridgehead atoms. The molecule has 78 valence electrons. The van der Waals surface area contributed by atoms with E-state index in [-0.39, 0.29) is 0 Å². The number of likely N-dealkylation sites (N-methyl/N-ethyl adjacent to an activating group) is 1. The van der Waals surface area contributed by atoms with E-state index >= 15 is 0 Å². The predicted molar refractivity (Wildman–Crippen MR) is 64.0 cm³/mol. The molecular weight excluding hydrogens is 174 g/mol. The number of hydrogen-bond donors (Lipinski definition) is 2. The van der Waals surface area contributed by atoms with E-state index in [1.165, 1.54) is 5.69 Å². The van der Waals surface area contributed by atoms with Crippen molar-refractivity contribution in [1.29, 1.82) is 0 Å². The lowest BCUT2D eigenvalue weighted by Gasteiger charge is -2.28. The topological polar surface area (TPSA) is 41.3 Å². The number of benzene rings is 1. The first-order chi connectivity index (χ1) is 6.77. The van der Waals surface area contributed by atoms with Crippen molar-refractivity contribution in [3.8, 4) is 0 Å². The summed E-state index contributed by atoms with van der Waals surface area (Å²) >= 11 is 0. The van der Waals surface area contributed by atoms with Crippen LogP contribution in [-0.2, 0) is 0 Å². The van der Waals surface area contributed by atoms with Crippen LogP contribution in [0, 0.1) is 0 Å². The van der Waals surface area contributed by atoms with Crippen LogP contribution >= 0.6 is 0 Å². The number of fused-ring (bicyclic) bond motifs is 1. The van der Waals surface area contributed by atoms with E-state index in [0.717, 1.165) is 24.5 Å². The molecule has 0 amide bonds. The average molecular weight is 193 g/mol. The molecule has 0 saturated heterocycles. The molecule has 1 aliphatic heterocycles. The summed E-state index contributed by atoms with van der Waals surface area (Å²) in [5, 5.41) is 3.31. The second-order valence-corrected chi connectivity index (χ2v) is 3.12. The second-order valence-electron chi connectivity index (χ2n) is 3.12. The van der Waals surface area contributed by atoms with Crippen LogP contribution in [0.2, 0.25) is 0 Å². The summed E-state index contributed by atoms with van der Waals surface area (Å²) in [4.78, 5) is 2.23. The average Bonchev–Trinajstić information content (AvgIpc) is 2.21. The van der Waals surface area contributed by atoms with E-state index in [2.05, 4.69) is 23.3 Å². The monoisotopic (exact) mass is 193 g/mol. The summed E-state index contributed by atoms with van der Waals surface area (Å²) in [7, 11) is 2.09. The maximum atomic E-state index is 5.67. The highest BCUT2D eigenvalue weighted by Gasteiger charge is 2.11. The highest BCUT2D eigenvalue weighted by molar-refractivity contribution is 5.75. The van der Waals surface area contributed by atoms with Crippen LogP contribution in [0.25, 0.3) is 0 Å². The number of nitrogens with zero attached hydrogens (tertiary/aromatic N) is 1. The Morgan fingerprint density at radius 3 is 2.79 bits per heavy atom. The molecule has 0 fully saturated rings. The number of anilines is 3. The maximum Gasteiger partial charge on any atom is 0.0601 e. The van der Waals surface area contributed by atoms with Crippen LogP contribution in [0.1, 0.15) is 13.8 Å². The summed E-state index contributed by atoms with van der Waals surface area (Å²) in [5.74, 6) is 0. The van der Waals surface area contributed by atoms with Crippen molar-refractivity contribution in [1.82, 2.24) is 0 Å². The molecule has 1 aromatic carbocycles. The number of rotatable bonds is 0. The largest absolute Gasteiger partial charge is 0.399 e. The van der Waals surface area contributed by atoms with Gasteiger partial charge < -0.3 is 16.0 Å². The van der Waals surface area contributed by atoms with Gasteiger partial charge in [-0.15, -0.1) is 0 Å². The lowest BCUT2D eigenvalue weighted by Crippen LogP contribution is -2.30. The minimum Gasteiger partial charge on any atom is -0.399 e. The fourth-order valence-electron chi connectivity index (χ4n) is 1.51. The van der Waals surface area contributed by atoms with E-state index in [9.17, 15) is 0 Å². The Morgan fingerprint density at radius 1 is 1.36 bits per heavy atom. The summed E-state index contributed by atoms with van der Waals surface area (Å²) in [6.07, 6.45) is 0. The molecular formula is C11H19N3. The van der Waals surface area contributed by atoms with Crippen molar-refractivity contribution in [3.05, 3.63) is 18.2 Å². The summed E-state index contributed by atoms with van der Waals surface area (Å²) in [6.45, 7) is 6.05. The van der Waals surface area contributed by atoms with Crippen molar-refractivity contribution >= 4 is 17.1 Å². The third-order valence-electron chi connectivity index (χ3n) is 2.19. The fourth-order valence-corrected chi connectivity index (χ4v) is 1.51. The van der Waals surface area contributed by atoms with Gasteiger partial charge in [0.05, 0.1) is 11.4 Å². The Bertz CT molecular complexity index is 297. The predicted octanol–water partition coefficient (Wildman–Crippen LogP) is 2.16. The van der Waals surface area contributed by atoms with Crippen LogP contribution in [0.15, 0.2) is 18.2 Å². The molecule has 0 saturated carbocycles. The molecule has 3 heteroatoms. The molecule has 14 heavy (non-hydrogen) atoms. The van der Waals surface area contributed by atoms with Crippen LogP contribution < -0.4 is 16.0 Å². The highest BCUT2D eigenvalue weighted by atomic mass is 15.2. The number of hydrogen-bond acceptors (Lipinski definition) is 3. The Balaban J connectivity index is 0.000000461. The van der Waals surface area contributed by atoms with Gasteiger partial charge in [0.2, 0.25) is 0 Å². The van der Waals surface area contributed by atoms with E-state index in [4.69, 9.17) is 5.73 Å². The standard InChI is InChI=1S/C9H13N3.C2H6/c1-12-5-4-11-8-6-7(10)2-3-9(8)12;1-2/h2-3,6,11H,4-5,10H2,1H3;1-2H3. The molecule has 1 aromatic rings. The van der Waals surface area contributed by atoms with Gasteiger partial charge in [0.15, 0.2) is 0 Å². The maximum absolute atomic E-state index is 5.67. The zero-order chi connectivity index (χ0) is 10.6. The van der Waals surface area contributed by atoms with Gasteiger partial charge in [0.1, 0.15) is 0 Å². The lowest BCUT2D eigenvalue weighted by atomic mass is 10.2. The molecule has 0 aliphatic carbocycles. The molecule has 2 rings (SSSR count). The molecule has 0 aromatic heterocycles. The van der Waals surface area contributed by atoms with Gasteiger partial charge in [-0.1, -0.05) is 13.8 Å². The first kappa shape index (κ1) is 10.7. The van der Waals surface area contributed by atoms with Crippen LogP contribution in [0.4, 0.5) is 17.1 Å². The molecule has 0 spiro atoms. The van der Waals surface area contributed by atoms with Crippen LogP contribution in [0.3, 0.4) is 0 Å². The number of nitrogens with two attached hydrogens (primary N) is 1. The smallest absolute Gasteiger partial charge is 0.0601 e. The molecule has 3 N–H and O–H groups in total. The van der Waals surface area contributed by atoms with E-state index in [0.29, 0.717) is 0 Å². The number of nitrogens with one attached hydrogen (secondary N) is 1. The first-order valence-electron chi connectivity index (χ1n) is 5.12. The molecule has 3 nitrogen and oxygen atoms in total. The third kappa shape index (κ3) is 2.10. The Hall–Kier alpha value is -1.38. The van der Waals surface area contributed by atoms with Gasteiger partial charge in [0.25, 0.3) is 0 Å². The van der Waals surface area contributed by atoms with Gasteiger partial charge in [0, 0.05) is 25.8 Å². The zero-order valence-electron chi connectivity index (χ0n) is 9.17. The summed E-state index contributed by atoms with van der Waals surface area (Å²) < 4.78 is 0. The number of nitrogen functional groups attached to an aromatic ring is 1. The van der Waals surface area contributed by atoms with Crippen LogP contribution in [0.5, 0.6) is 0 Å². The van der Waals surface area contributed by atoms with Crippen molar-refractivity contribution in [2.75, 3.05) is 36.1 Å². The van der Waals surface area contributed by atoms with Crippen molar-refractivity contribution in [2.24, 2.45) is 0 Å². The van der Waals surface area contributed by atoms with Gasteiger partial charge in [-0.05, 0) is 18.2 Å². The van der Waals surface area contributed by atoms with Crippen molar-refractivity contribution in [3.63, 3.8) is 0 Å². The van der Waals surface area contributed by atoms with Crippen molar-refractivity contribution < 1.29 is 0 Å². The SMILES string of the molecule is CC.CN1CCNc2cc(N)ccc21. The van der Waals surface area contributed by atoms with Gasteiger partial charge in [-0.3, -0.25) is 0 Å². The molecule has 1 aliphatic rings. The lowest BCUT2D eigenvalue weighted by molar-refractivity contribution is 0.887. The fraction of sp³-hybridized carbons (Fsp3) is 0.455. The minimum absolute atomic E-state index is 0.816. The summed E-state index contributed by atoms with van der Waals surface area (Å²) in [6, 6.07) is 5.96. The van der Waals surface area contributed by atoms with Gasteiger partial charge in [-0.25, -0.2) is 0 Å². The molecule has 1 heterocycles. The molecule has 0 atom stereocenters. The molecule has 0 radical (unpaired) electrons. The Morgan fingerprint density at radius 2 is 2.07 bits per heavy atom. The summed E-state index contributed by atoms with van der Waals surface area (Å²) in [5.41, 5.74) is 8.86. The highest BCUT2D eigenvalue weighted by Crippen LogP contribution is 2.29. The first-order valence-corrected chi connectivity index (χ1v) is 5.12. The normalized spacial score (nSPS) is 13.5. The van der Waals surface area contributed by atoms with Crippen LogP contribution in [-0.4, -0.2) is 20.1 Å². The van der Waals surface area contributed by atoms with Gasteiger partial charge in [-0.2, -0.15) is 0 Å². The van der Waals surface area contributed by atoms with E-state index in [1.807, 2.05) is 26.0 Å². The quantitative estimate of drug-likeness (QED) is 0.620. The van der Waals surface area contributed by atoms with E-state index < -0.39 is 0 Å². The zero-order valence-corrected chi connectivity index (χ0v) is 9.17. The van der Waals surface area contributed by atoms with Crippen molar-refractivity contribution in [2.45, 2.75) is 13.8 Å². The Kier molecular flexibility index (Phi) is 3.63. The Labute approximate surface area is 85.9 Å². The van der Waals surface area contributed by atoms with E-state index in [1.54, 1.807) is 0 Å². The van der Waals surface area contributed by atoms with Gasteiger partial charge >= 0.3 is 0 Å². The molecule has 0 unspecified atom stereocenters. The second kappa shape index (κ2) is 4.74. The minimum atomic E-state index is 0.816.